The number of nitrogens with one attached hydrogen (secondary N) is 1. The van der Waals surface area contributed by atoms with Gasteiger partial charge in [0, 0.05) is 0 Å². The fraction of sp³-hybridized carbons (Fsp3) is 0.208. The number of amides is 1. The van der Waals surface area contributed by atoms with Crippen molar-refractivity contribution in [3.8, 4) is 5.75 Å². The number of hydrogen-bond acceptors (Lipinski definition) is 6. The molecule has 3 aromatic rings. The first-order chi connectivity index (χ1) is 15.0. The minimum Gasteiger partial charge on any atom is -0.481 e. The Morgan fingerprint density at radius 1 is 0.871 bits per heavy atom. The van der Waals surface area contributed by atoms with Crippen LogP contribution in [-0.2, 0) is 14.3 Å². The zero-order chi connectivity index (χ0) is 22.4. The van der Waals surface area contributed by atoms with Crippen LogP contribution in [0.1, 0.15) is 34.1 Å². The van der Waals surface area contributed by atoms with Crippen molar-refractivity contribution >= 4 is 34.3 Å². The average Bonchev–Trinajstić information content (AvgIpc) is 2.81. The van der Waals surface area contributed by atoms with E-state index in [2.05, 4.69) is 5.32 Å². The molecule has 0 aromatic heterocycles. The van der Waals surface area contributed by atoms with Crippen LogP contribution in [0.15, 0.2) is 60.7 Å². The van der Waals surface area contributed by atoms with Gasteiger partial charge < -0.3 is 19.5 Å². The van der Waals surface area contributed by atoms with Crippen LogP contribution in [-0.4, -0.2) is 38.2 Å². The number of fused-ring (bicyclic) bond motifs is 1. The third-order valence-corrected chi connectivity index (χ3v) is 4.77. The molecule has 7 heteroatoms. The maximum atomic E-state index is 12.9. The van der Waals surface area contributed by atoms with Crippen molar-refractivity contribution in [1.82, 2.24) is 0 Å². The van der Waals surface area contributed by atoms with Gasteiger partial charge in [-0.25, -0.2) is 9.59 Å². The summed E-state index contributed by atoms with van der Waals surface area (Å²) in [4.78, 5) is 36.9. The van der Waals surface area contributed by atoms with E-state index in [-0.39, 0.29) is 16.8 Å². The maximum Gasteiger partial charge on any atom is 0.339 e. The Hall–Kier alpha value is -3.87. The van der Waals surface area contributed by atoms with Gasteiger partial charge in [0.1, 0.15) is 5.75 Å². The second kappa shape index (κ2) is 9.75. The third-order valence-electron chi connectivity index (χ3n) is 4.77. The predicted molar refractivity (Wildman–Crippen MR) is 116 cm³/mol. The predicted octanol–water partition coefficient (Wildman–Crippen LogP) is 4.21. The first-order valence-electron chi connectivity index (χ1n) is 9.73. The van der Waals surface area contributed by atoms with E-state index >= 15 is 0 Å². The van der Waals surface area contributed by atoms with E-state index in [1.54, 1.807) is 6.07 Å². The van der Waals surface area contributed by atoms with Crippen LogP contribution >= 0.6 is 0 Å². The molecule has 1 atom stereocenters. The topological polar surface area (TPSA) is 90.9 Å². The molecule has 0 radical (unpaired) electrons. The van der Waals surface area contributed by atoms with Crippen molar-refractivity contribution in [3.63, 3.8) is 0 Å². The molecular formula is C24H23NO6. The molecule has 0 aliphatic heterocycles. The quantitative estimate of drug-likeness (QED) is 0.575. The molecule has 3 aromatic carbocycles. The van der Waals surface area contributed by atoms with Crippen LogP contribution in [0.2, 0.25) is 0 Å². The summed E-state index contributed by atoms with van der Waals surface area (Å²) in [5, 5.41) is 4.74. The van der Waals surface area contributed by atoms with Crippen molar-refractivity contribution in [2.45, 2.75) is 19.4 Å². The number of ether oxygens (including phenoxy) is 3. The van der Waals surface area contributed by atoms with Crippen molar-refractivity contribution in [1.29, 1.82) is 0 Å². The molecule has 1 amide bonds. The van der Waals surface area contributed by atoms with E-state index in [9.17, 15) is 14.4 Å². The number of anilines is 1. The maximum absolute atomic E-state index is 12.9. The number of hydrogen-bond donors (Lipinski definition) is 1. The molecule has 1 N–H and O–H groups in total. The average molecular weight is 421 g/mol. The summed E-state index contributed by atoms with van der Waals surface area (Å²) in [6, 6.07) is 17.6. The van der Waals surface area contributed by atoms with Crippen molar-refractivity contribution in [2.24, 2.45) is 0 Å². The molecule has 0 aliphatic carbocycles. The lowest BCUT2D eigenvalue weighted by Crippen LogP contribution is -2.33. The van der Waals surface area contributed by atoms with Gasteiger partial charge in [0.05, 0.1) is 31.0 Å². The van der Waals surface area contributed by atoms with Crippen LogP contribution in [0.4, 0.5) is 5.69 Å². The van der Waals surface area contributed by atoms with Gasteiger partial charge in [0.2, 0.25) is 0 Å². The summed E-state index contributed by atoms with van der Waals surface area (Å²) in [5.74, 6) is -1.14. The van der Waals surface area contributed by atoms with Gasteiger partial charge in [-0.05, 0) is 47.5 Å². The Labute approximate surface area is 179 Å². The summed E-state index contributed by atoms with van der Waals surface area (Å²) >= 11 is 0. The molecule has 0 unspecified atom stereocenters. The lowest BCUT2D eigenvalue weighted by Gasteiger charge is -2.19. The minimum atomic E-state index is -0.812. The molecular weight excluding hydrogens is 398 g/mol. The molecule has 31 heavy (non-hydrogen) atoms. The zero-order valence-corrected chi connectivity index (χ0v) is 17.5. The van der Waals surface area contributed by atoms with Gasteiger partial charge >= 0.3 is 11.9 Å². The molecule has 0 heterocycles. The van der Waals surface area contributed by atoms with E-state index in [1.807, 2.05) is 43.3 Å². The summed E-state index contributed by atoms with van der Waals surface area (Å²) in [6.07, 6.45) is -0.420. The van der Waals surface area contributed by atoms with E-state index < -0.39 is 23.9 Å². The Bertz CT molecular complexity index is 1120. The lowest BCUT2D eigenvalue weighted by molar-refractivity contribution is -0.122. The number of carbonyl (C=O) groups excluding carboxylic acids is 3. The van der Waals surface area contributed by atoms with E-state index in [1.165, 1.54) is 32.4 Å². The Morgan fingerprint density at radius 3 is 2.26 bits per heavy atom. The molecule has 0 spiro atoms. The number of esters is 2. The van der Waals surface area contributed by atoms with E-state index in [4.69, 9.17) is 14.2 Å². The largest absolute Gasteiger partial charge is 0.481 e. The summed E-state index contributed by atoms with van der Waals surface area (Å²) in [6.45, 7) is 1.82. The number of benzene rings is 3. The highest BCUT2D eigenvalue weighted by Gasteiger charge is 2.23. The van der Waals surface area contributed by atoms with Crippen LogP contribution in [0.25, 0.3) is 10.8 Å². The minimum absolute atomic E-state index is 0.115. The van der Waals surface area contributed by atoms with E-state index in [0.29, 0.717) is 12.2 Å². The van der Waals surface area contributed by atoms with Crippen molar-refractivity contribution in [2.75, 3.05) is 19.5 Å². The second-order valence-corrected chi connectivity index (χ2v) is 6.76. The molecule has 0 fully saturated rings. The van der Waals surface area contributed by atoms with Gasteiger partial charge in [-0.15, -0.1) is 0 Å². The van der Waals surface area contributed by atoms with Crippen molar-refractivity contribution in [3.05, 3.63) is 71.8 Å². The van der Waals surface area contributed by atoms with Gasteiger partial charge in [0.25, 0.3) is 5.91 Å². The number of methoxy groups -OCH3 is 2. The molecule has 0 saturated heterocycles. The van der Waals surface area contributed by atoms with Gasteiger partial charge in [-0.2, -0.15) is 0 Å². The highest BCUT2D eigenvalue weighted by atomic mass is 16.5. The Morgan fingerprint density at radius 2 is 1.58 bits per heavy atom. The smallest absolute Gasteiger partial charge is 0.339 e. The molecule has 160 valence electrons. The molecule has 0 saturated carbocycles. The van der Waals surface area contributed by atoms with Crippen LogP contribution in [0, 0.1) is 0 Å². The van der Waals surface area contributed by atoms with Gasteiger partial charge in [-0.3, -0.25) is 4.79 Å². The second-order valence-electron chi connectivity index (χ2n) is 6.76. The normalized spacial score (nSPS) is 11.5. The Balaban J connectivity index is 1.84. The fourth-order valence-corrected chi connectivity index (χ4v) is 3.12. The molecule has 0 bridgehead atoms. The lowest BCUT2D eigenvalue weighted by atomic mass is 10.1. The number of carbonyl (C=O) groups is 3. The molecule has 0 aliphatic rings. The number of rotatable bonds is 7. The zero-order valence-electron chi connectivity index (χ0n) is 17.5. The monoisotopic (exact) mass is 421 g/mol. The highest BCUT2D eigenvalue weighted by molar-refractivity contribution is 6.04. The van der Waals surface area contributed by atoms with Gasteiger partial charge in [-0.1, -0.05) is 37.3 Å². The third kappa shape index (κ3) is 5.01. The summed E-state index contributed by atoms with van der Waals surface area (Å²) < 4.78 is 15.4. The van der Waals surface area contributed by atoms with Crippen LogP contribution < -0.4 is 10.1 Å². The first-order valence-corrected chi connectivity index (χ1v) is 9.73. The highest BCUT2D eigenvalue weighted by Crippen LogP contribution is 2.24. The summed E-state index contributed by atoms with van der Waals surface area (Å²) in [7, 11) is 2.49. The van der Waals surface area contributed by atoms with Crippen molar-refractivity contribution < 1.29 is 28.6 Å². The fourth-order valence-electron chi connectivity index (χ4n) is 3.12. The van der Waals surface area contributed by atoms with Crippen LogP contribution in [0.5, 0.6) is 5.75 Å². The van der Waals surface area contributed by atoms with Crippen LogP contribution in [0.3, 0.4) is 0 Å². The molecule has 3 rings (SSSR count). The molecule has 7 nitrogen and oxygen atoms in total. The standard InChI is InChI=1S/C24H23NO6/c1-4-21(31-18-11-9-15-7-5-6-8-16(15)13-18)22(26)25-20-14-17(23(27)29-2)10-12-19(20)24(28)30-3/h5-14,21H,4H2,1-3H3,(H,25,26)/t21-/m0/s1. The van der Waals surface area contributed by atoms with Gasteiger partial charge in [0.15, 0.2) is 6.10 Å². The Kier molecular flexibility index (Phi) is 6.87. The van der Waals surface area contributed by atoms with E-state index in [0.717, 1.165) is 10.8 Å². The SMILES string of the molecule is CC[C@H](Oc1ccc2ccccc2c1)C(=O)Nc1cc(C(=O)OC)ccc1C(=O)OC. The summed E-state index contributed by atoms with van der Waals surface area (Å²) in [5.41, 5.74) is 0.443. The first kappa shape index (κ1) is 21.8.